The molecule has 0 saturated carbocycles. The Bertz CT molecular complexity index is 1650. The molecule has 0 aliphatic heterocycles. The first-order valence-corrected chi connectivity index (χ1v) is 10.8. The first kappa shape index (κ1) is 19.3. The fourth-order valence-corrected chi connectivity index (χ4v) is 4.45. The number of benzene rings is 4. The molecule has 0 unspecified atom stereocenters. The summed E-state index contributed by atoms with van der Waals surface area (Å²) < 4.78 is 13.1. The third-order valence-electron chi connectivity index (χ3n) is 6.02. The van der Waals surface area contributed by atoms with Gasteiger partial charge in [-0.05, 0) is 47.2 Å². The maximum Gasteiger partial charge on any atom is 0.235 e. The molecule has 0 amide bonds. The van der Waals surface area contributed by atoms with E-state index in [9.17, 15) is 0 Å². The number of aromatic nitrogens is 3. The van der Waals surface area contributed by atoms with Gasteiger partial charge >= 0.3 is 0 Å². The summed E-state index contributed by atoms with van der Waals surface area (Å²) in [6.07, 6.45) is 0. The van der Waals surface area contributed by atoms with Crippen LogP contribution in [0.15, 0.2) is 91.0 Å². The smallest absolute Gasteiger partial charge is 0.235 e. The number of para-hydroxylation sites is 2. The Kier molecular flexibility index (Phi) is 4.47. The van der Waals surface area contributed by atoms with Crippen molar-refractivity contribution in [1.82, 2.24) is 14.4 Å². The molecule has 2 aromatic heterocycles. The number of ether oxygens (including phenoxy) is 2. The quantitative estimate of drug-likeness (QED) is 0.325. The summed E-state index contributed by atoms with van der Waals surface area (Å²) in [6.45, 7) is 0. The second-order valence-electron chi connectivity index (χ2n) is 7.86. The highest BCUT2D eigenvalue weighted by Crippen LogP contribution is 2.36. The van der Waals surface area contributed by atoms with Gasteiger partial charge in [-0.2, -0.15) is 0 Å². The average molecular weight is 431 g/mol. The SMILES string of the molecule is COc1ccc(-c2cc(-c3cccc4ccccc34)n3c(n2)nc2ccccc23)cc1OC. The minimum absolute atomic E-state index is 0.659. The largest absolute Gasteiger partial charge is 0.493 e. The third-order valence-corrected chi connectivity index (χ3v) is 6.02. The number of methoxy groups -OCH3 is 2. The minimum atomic E-state index is 0.659. The lowest BCUT2D eigenvalue weighted by molar-refractivity contribution is 0.355. The number of hydrogen-bond acceptors (Lipinski definition) is 4. The first-order chi connectivity index (χ1) is 16.3. The summed E-state index contributed by atoms with van der Waals surface area (Å²) in [4.78, 5) is 9.78. The molecule has 2 heterocycles. The summed E-state index contributed by atoms with van der Waals surface area (Å²) in [5.41, 5.74) is 5.86. The molecule has 0 saturated heterocycles. The minimum Gasteiger partial charge on any atom is -0.493 e. The number of fused-ring (bicyclic) bond motifs is 4. The van der Waals surface area contributed by atoms with Gasteiger partial charge in [0, 0.05) is 11.1 Å². The molecule has 0 aliphatic rings. The van der Waals surface area contributed by atoms with Gasteiger partial charge in [-0.15, -0.1) is 0 Å². The van der Waals surface area contributed by atoms with Crippen molar-refractivity contribution < 1.29 is 9.47 Å². The number of hydrogen-bond donors (Lipinski definition) is 0. The molecule has 33 heavy (non-hydrogen) atoms. The normalized spacial score (nSPS) is 11.3. The van der Waals surface area contributed by atoms with E-state index in [1.165, 1.54) is 10.8 Å². The molecule has 0 atom stereocenters. The molecule has 0 fully saturated rings. The van der Waals surface area contributed by atoms with E-state index in [0.29, 0.717) is 17.3 Å². The summed E-state index contributed by atoms with van der Waals surface area (Å²) in [5, 5.41) is 2.38. The van der Waals surface area contributed by atoms with E-state index >= 15 is 0 Å². The van der Waals surface area contributed by atoms with Crippen molar-refractivity contribution in [2.45, 2.75) is 0 Å². The van der Waals surface area contributed by atoms with Crippen molar-refractivity contribution >= 4 is 27.6 Å². The van der Waals surface area contributed by atoms with Crippen molar-refractivity contribution in [3.8, 4) is 34.0 Å². The molecule has 0 bridgehead atoms. The lowest BCUT2D eigenvalue weighted by atomic mass is 10.0. The average Bonchev–Trinajstić information content (AvgIpc) is 3.26. The van der Waals surface area contributed by atoms with Gasteiger partial charge in [0.25, 0.3) is 0 Å². The predicted octanol–water partition coefficient (Wildman–Crippen LogP) is 6.39. The Balaban J connectivity index is 1.70. The molecule has 4 aromatic carbocycles. The van der Waals surface area contributed by atoms with Crippen LogP contribution in [0.2, 0.25) is 0 Å². The Hall–Kier alpha value is -4.38. The Morgan fingerprint density at radius 3 is 2.36 bits per heavy atom. The maximum atomic E-state index is 5.53. The molecular formula is C28H21N3O2. The second kappa shape index (κ2) is 7.64. The van der Waals surface area contributed by atoms with Crippen LogP contribution in [0, 0.1) is 0 Å². The van der Waals surface area contributed by atoms with Crippen LogP contribution < -0.4 is 9.47 Å². The van der Waals surface area contributed by atoms with E-state index in [2.05, 4.69) is 59.0 Å². The standard InChI is InChI=1S/C28H21N3O2/c1-32-26-15-14-19(16-27(26)33-2)23-17-25(21-11-7-9-18-8-3-4-10-20(18)21)31-24-13-6-5-12-22(24)29-28(31)30-23/h3-17H,1-2H3. The highest BCUT2D eigenvalue weighted by Gasteiger charge is 2.16. The highest BCUT2D eigenvalue weighted by atomic mass is 16.5. The third kappa shape index (κ3) is 3.09. The molecular weight excluding hydrogens is 410 g/mol. The summed E-state index contributed by atoms with van der Waals surface area (Å²) in [6, 6.07) is 30.9. The zero-order chi connectivity index (χ0) is 22.4. The van der Waals surface area contributed by atoms with Crippen molar-refractivity contribution in [3.05, 3.63) is 91.0 Å². The van der Waals surface area contributed by atoms with E-state index in [1.807, 2.05) is 36.4 Å². The molecule has 5 nitrogen and oxygen atoms in total. The van der Waals surface area contributed by atoms with Crippen LogP contribution in [0.25, 0.3) is 50.1 Å². The van der Waals surface area contributed by atoms with Crippen LogP contribution in [0.1, 0.15) is 0 Å². The van der Waals surface area contributed by atoms with Crippen LogP contribution in [0.4, 0.5) is 0 Å². The lowest BCUT2D eigenvalue weighted by Gasteiger charge is -2.13. The highest BCUT2D eigenvalue weighted by molar-refractivity contribution is 5.98. The lowest BCUT2D eigenvalue weighted by Crippen LogP contribution is -1.98. The van der Waals surface area contributed by atoms with Crippen LogP contribution >= 0.6 is 0 Å². The van der Waals surface area contributed by atoms with E-state index in [-0.39, 0.29) is 0 Å². The first-order valence-electron chi connectivity index (χ1n) is 10.8. The summed E-state index contributed by atoms with van der Waals surface area (Å²) in [5.74, 6) is 2.01. The fourth-order valence-electron chi connectivity index (χ4n) is 4.45. The fraction of sp³-hybridized carbons (Fsp3) is 0.0714. The van der Waals surface area contributed by atoms with Crippen LogP contribution in [-0.4, -0.2) is 28.6 Å². The van der Waals surface area contributed by atoms with Crippen LogP contribution in [0.3, 0.4) is 0 Å². The molecule has 6 rings (SSSR count). The molecule has 0 spiro atoms. The van der Waals surface area contributed by atoms with Gasteiger partial charge in [0.1, 0.15) is 0 Å². The van der Waals surface area contributed by atoms with Crippen LogP contribution in [-0.2, 0) is 0 Å². The van der Waals surface area contributed by atoms with Crippen molar-refractivity contribution in [3.63, 3.8) is 0 Å². The van der Waals surface area contributed by atoms with Gasteiger partial charge < -0.3 is 9.47 Å². The second-order valence-corrected chi connectivity index (χ2v) is 7.86. The molecule has 0 N–H and O–H groups in total. The van der Waals surface area contributed by atoms with E-state index < -0.39 is 0 Å². The Morgan fingerprint density at radius 2 is 1.48 bits per heavy atom. The molecule has 0 aliphatic carbocycles. The predicted molar refractivity (Wildman–Crippen MR) is 132 cm³/mol. The van der Waals surface area contributed by atoms with Gasteiger partial charge in [0.2, 0.25) is 5.78 Å². The molecule has 5 heteroatoms. The van der Waals surface area contributed by atoms with Gasteiger partial charge in [-0.25, -0.2) is 9.97 Å². The maximum absolute atomic E-state index is 5.53. The Labute approximate surface area is 190 Å². The summed E-state index contributed by atoms with van der Waals surface area (Å²) in [7, 11) is 3.28. The number of imidazole rings is 1. The van der Waals surface area contributed by atoms with E-state index in [0.717, 1.165) is 33.5 Å². The van der Waals surface area contributed by atoms with Crippen LogP contribution in [0.5, 0.6) is 11.5 Å². The summed E-state index contributed by atoms with van der Waals surface area (Å²) >= 11 is 0. The van der Waals surface area contributed by atoms with Gasteiger partial charge in [-0.3, -0.25) is 4.40 Å². The number of nitrogens with zero attached hydrogens (tertiary/aromatic N) is 3. The van der Waals surface area contributed by atoms with Crippen molar-refractivity contribution in [1.29, 1.82) is 0 Å². The van der Waals surface area contributed by atoms with E-state index in [1.54, 1.807) is 14.2 Å². The van der Waals surface area contributed by atoms with Crippen molar-refractivity contribution in [2.24, 2.45) is 0 Å². The van der Waals surface area contributed by atoms with Gasteiger partial charge in [0.15, 0.2) is 11.5 Å². The Morgan fingerprint density at radius 1 is 0.697 bits per heavy atom. The molecule has 0 radical (unpaired) electrons. The van der Waals surface area contributed by atoms with Gasteiger partial charge in [-0.1, -0.05) is 54.6 Å². The number of rotatable bonds is 4. The molecule has 6 aromatic rings. The topological polar surface area (TPSA) is 48.7 Å². The van der Waals surface area contributed by atoms with E-state index in [4.69, 9.17) is 19.4 Å². The molecule has 160 valence electrons. The zero-order valence-corrected chi connectivity index (χ0v) is 18.3. The zero-order valence-electron chi connectivity index (χ0n) is 18.3. The van der Waals surface area contributed by atoms with Gasteiger partial charge in [0.05, 0.1) is 36.6 Å². The monoisotopic (exact) mass is 431 g/mol. The van der Waals surface area contributed by atoms with Crippen molar-refractivity contribution in [2.75, 3.05) is 14.2 Å².